The molecule has 5 heteroatoms. The van der Waals surface area contributed by atoms with E-state index in [4.69, 9.17) is 4.74 Å². The molecule has 0 amide bonds. The SMILES string of the molecule is COC(=O)C1CCN(Cc2csc(Br)c2)C1. The molecule has 1 aliphatic heterocycles. The lowest BCUT2D eigenvalue weighted by Gasteiger charge is -2.14. The number of hydrogen-bond donors (Lipinski definition) is 0. The van der Waals surface area contributed by atoms with Crippen molar-refractivity contribution < 1.29 is 9.53 Å². The molecule has 0 N–H and O–H groups in total. The van der Waals surface area contributed by atoms with E-state index in [0.717, 1.165) is 29.8 Å². The van der Waals surface area contributed by atoms with Crippen molar-refractivity contribution in [2.24, 2.45) is 5.92 Å². The molecule has 1 fully saturated rings. The highest BCUT2D eigenvalue weighted by Crippen LogP contribution is 2.24. The standard InChI is InChI=1S/C11H14BrNO2S/c1-15-11(14)9-2-3-13(6-9)5-8-4-10(12)16-7-8/h4,7,9H,2-3,5-6H2,1H3. The van der Waals surface area contributed by atoms with Crippen LogP contribution in [0.2, 0.25) is 0 Å². The predicted octanol–water partition coefficient (Wildman–Crippen LogP) is 2.51. The zero-order chi connectivity index (χ0) is 11.5. The Morgan fingerprint density at radius 3 is 3.19 bits per heavy atom. The summed E-state index contributed by atoms with van der Waals surface area (Å²) in [7, 11) is 1.46. The molecule has 2 heterocycles. The fraction of sp³-hybridized carbons (Fsp3) is 0.545. The predicted molar refractivity (Wildman–Crippen MR) is 67.4 cm³/mol. The molecule has 1 aliphatic rings. The number of methoxy groups -OCH3 is 1. The molecule has 2 rings (SSSR count). The maximum absolute atomic E-state index is 11.4. The van der Waals surface area contributed by atoms with E-state index in [9.17, 15) is 4.79 Å². The average Bonchev–Trinajstić information content (AvgIpc) is 2.87. The van der Waals surface area contributed by atoms with Crippen molar-refractivity contribution in [3.8, 4) is 0 Å². The Hall–Kier alpha value is -0.390. The Balaban J connectivity index is 1.87. The van der Waals surface area contributed by atoms with Gasteiger partial charge in [-0.1, -0.05) is 0 Å². The Bertz CT molecular complexity index is 380. The normalized spacial score (nSPS) is 21.2. The van der Waals surface area contributed by atoms with Crippen LogP contribution in [0.15, 0.2) is 15.2 Å². The summed E-state index contributed by atoms with van der Waals surface area (Å²) in [5.41, 5.74) is 1.31. The number of rotatable bonds is 3. The third kappa shape index (κ3) is 2.84. The van der Waals surface area contributed by atoms with E-state index in [1.807, 2.05) is 0 Å². The number of thiophene rings is 1. The quantitative estimate of drug-likeness (QED) is 0.804. The second kappa shape index (κ2) is 5.29. The number of nitrogens with zero attached hydrogens (tertiary/aromatic N) is 1. The van der Waals surface area contributed by atoms with Crippen LogP contribution >= 0.6 is 27.3 Å². The number of hydrogen-bond acceptors (Lipinski definition) is 4. The van der Waals surface area contributed by atoms with E-state index in [2.05, 4.69) is 32.3 Å². The number of esters is 1. The van der Waals surface area contributed by atoms with Gasteiger partial charge in [0.2, 0.25) is 0 Å². The topological polar surface area (TPSA) is 29.5 Å². The maximum Gasteiger partial charge on any atom is 0.310 e. The van der Waals surface area contributed by atoms with Crippen LogP contribution in [0.4, 0.5) is 0 Å². The minimum absolute atomic E-state index is 0.0621. The van der Waals surface area contributed by atoms with Crippen molar-refractivity contribution in [3.05, 3.63) is 20.8 Å². The molecule has 0 bridgehead atoms. The molecule has 88 valence electrons. The summed E-state index contributed by atoms with van der Waals surface area (Å²) in [6, 6.07) is 2.14. The third-order valence-electron chi connectivity index (χ3n) is 2.83. The first-order chi connectivity index (χ1) is 7.69. The van der Waals surface area contributed by atoms with E-state index < -0.39 is 0 Å². The average molecular weight is 304 g/mol. The van der Waals surface area contributed by atoms with Gasteiger partial charge in [-0.2, -0.15) is 0 Å². The smallest absolute Gasteiger partial charge is 0.310 e. The molecule has 0 radical (unpaired) electrons. The fourth-order valence-electron chi connectivity index (χ4n) is 2.02. The molecule has 1 unspecified atom stereocenters. The highest BCUT2D eigenvalue weighted by molar-refractivity contribution is 9.11. The lowest BCUT2D eigenvalue weighted by atomic mass is 10.1. The second-order valence-corrected chi connectivity index (χ2v) is 6.29. The van der Waals surface area contributed by atoms with E-state index in [1.165, 1.54) is 12.7 Å². The molecular weight excluding hydrogens is 290 g/mol. The summed E-state index contributed by atoms with van der Waals surface area (Å²) >= 11 is 5.15. The summed E-state index contributed by atoms with van der Waals surface area (Å²) in [4.78, 5) is 13.7. The molecule has 3 nitrogen and oxygen atoms in total. The van der Waals surface area contributed by atoms with Gasteiger partial charge in [-0.15, -0.1) is 11.3 Å². The summed E-state index contributed by atoms with van der Waals surface area (Å²) in [5.74, 6) is -0.0129. The summed E-state index contributed by atoms with van der Waals surface area (Å²) in [5, 5.41) is 2.15. The first-order valence-corrected chi connectivity index (χ1v) is 6.89. The van der Waals surface area contributed by atoms with Crippen LogP contribution < -0.4 is 0 Å². The largest absolute Gasteiger partial charge is 0.469 e. The van der Waals surface area contributed by atoms with Gasteiger partial charge in [0.05, 0.1) is 16.8 Å². The van der Waals surface area contributed by atoms with Gasteiger partial charge in [-0.05, 0) is 45.9 Å². The lowest BCUT2D eigenvalue weighted by Crippen LogP contribution is -2.23. The van der Waals surface area contributed by atoms with E-state index >= 15 is 0 Å². The Kier molecular flexibility index (Phi) is 4.00. The Morgan fingerprint density at radius 1 is 1.75 bits per heavy atom. The number of carbonyl (C=O) groups is 1. The lowest BCUT2D eigenvalue weighted by molar-refractivity contribution is -0.144. The monoisotopic (exact) mass is 303 g/mol. The first-order valence-electron chi connectivity index (χ1n) is 5.22. The molecule has 0 saturated carbocycles. The number of halogens is 1. The third-order valence-corrected chi connectivity index (χ3v) is 4.39. The van der Waals surface area contributed by atoms with E-state index in [-0.39, 0.29) is 11.9 Å². The summed E-state index contributed by atoms with van der Waals surface area (Å²) < 4.78 is 5.92. The minimum atomic E-state index is -0.0750. The molecule has 0 spiro atoms. The molecule has 1 aromatic heterocycles. The molecule has 1 aromatic rings. The van der Waals surface area contributed by atoms with Crippen LogP contribution in [0.1, 0.15) is 12.0 Å². The van der Waals surface area contributed by atoms with Gasteiger partial charge in [-0.3, -0.25) is 9.69 Å². The van der Waals surface area contributed by atoms with Crippen molar-refractivity contribution in [2.75, 3.05) is 20.2 Å². The minimum Gasteiger partial charge on any atom is -0.469 e. The number of carbonyl (C=O) groups excluding carboxylic acids is 1. The highest BCUT2D eigenvalue weighted by atomic mass is 79.9. The summed E-state index contributed by atoms with van der Waals surface area (Å²) in [6.45, 7) is 2.73. The molecule has 1 saturated heterocycles. The van der Waals surface area contributed by atoms with Gasteiger partial charge in [0, 0.05) is 13.1 Å². The zero-order valence-electron chi connectivity index (χ0n) is 9.11. The second-order valence-electron chi connectivity index (χ2n) is 4.00. The van der Waals surface area contributed by atoms with Crippen LogP contribution in [0.25, 0.3) is 0 Å². The van der Waals surface area contributed by atoms with Crippen LogP contribution in [-0.2, 0) is 16.1 Å². The maximum atomic E-state index is 11.4. The van der Waals surface area contributed by atoms with Crippen molar-refractivity contribution in [1.82, 2.24) is 4.90 Å². The van der Waals surface area contributed by atoms with Crippen molar-refractivity contribution in [2.45, 2.75) is 13.0 Å². The highest BCUT2D eigenvalue weighted by Gasteiger charge is 2.28. The van der Waals surface area contributed by atoms with Gasteiger partial charge in [0.25, 0.3) is 0 Å². The van der Waals surface area contributed by atoms with Crippen LogP contribution in [0.5, 0.6) is 0 Å². The fourth-order valence-corrected chi connectivity index (χ4v) is 3.22. The van der Waals surface area contributed by atoms with Crippen molar-refractivity contribution in [3.63, 3.8) is 0 Å². The van der Waals surface area contributed by atoms with Crippen LogP contribution in [0, 0.1) is 5.92 Å². The first kappa shape index (κ1) is 12.1. The van der Waals surface area contributed by atoms with Gasteiger partial charge in [-0.25, -0.2) is 0 Å². The zero-order valence-corrected chi connectivity index (χ0v) is 11.5. The Labute approximate surface area is 108 Å². The van der Waals surface area contributed by atoms with Gasteiger partial charge >= 0.3 is 5.97 Å². The number of likely N-dealkylation sites (tertiary alicyclic amines) is 1. The van der Waals surface area contributed by atoms with Crippen molar-refractivity contribution >= 4 is 33.2 Å². The molecule has 0 aliphatic carbocycles. The van der Waals surface area contributed by atoms with Crippen molar-refractivity contribution in [1.29, 1.82) is 0 Å². The molecule has 0 aromatic carbocycles. The van der Waals surface area contributed by atoms with Crippen LogP contribution in [0.3, 0.4) is 0 Å². The van der Waals surface area contributed by atoms with Gasteiger partial charge < -0.3 is 4.74 Å². The van der Waals surface area contributed by atoms with Gasteiger partial charge in [0.1, 0.15) is 0 Å². The van der Waals surface area contributed by atoms with E-state index in [0.29, 0.717) is 0 Å². The van der Waals surface area contributed by atoms with Gasteiger partial charge in [0.15, 0.2) is 0 Å². The summed E-state index contributed by atoms with van der Waals surface area (Å²) in [6.07, 6.45) is 0.915. The molecular formula is C11H14BrNO2S. The number of ether oxygens (including phenoxy) is 1. The van der Waals surface area contributed by atoms with Crippen LogP contribution in [-0.4, -0.2) is 31.1 Å². The Morgan fingerprint density at radius 2 is 2.56 bits per heavy atom. The molecule has 16 heavy (non-hydrogen) atoms. The van der Waals surface area contributed by atoms with E-state index in [1.54, 1.807) is 11.3 Å². The molecule has 1 atom stereocenters.